The number of aryl methyl sites for hydroxylation is 1. The smallest absolute Gasteiger partial charge is 0.329 e. The molecule has 66 valence electrons. The van der Waals surface area contributed by atoms with Crippen molar-refractivity contribution in [2.45, 2.75) is 13.5 Å². The molecule has 0 atom stereocenters. The fraction of sp³-hybridized carbons (Fsp3) is 0.286. The fourth-order valence-electron chi connectivity index (χ4n) is 0.797. The van der Waals surface area contributed by atoms with Crippen LogP contribution in [0, 0.1) is 6.92 Å². The lowest BCUT2D eigenvalue weighted by Gasteiger charge is -2.02. The van der Waals surface area contributed by atoms with E-state index in [0.29, 0.717) is 6.54 Å². The van der Waals surface area contributed by atoms with E-state index in [1.54, 1.807) is 11.3 Å². The van der Waals surface area contributed by atoms with Crippen LogP contribution in [-0.4, -0.2) is 6.03 Å². The number of nitrogens with one attached hydrogen (secondary N) is 2. The molecule has 0 aliphatic rings. The second-order valence-electron chi connectivity index (χ2n) is 2.35. The van der Waals surface area contributed by atoms with Crippen LogP contribution in [0.2, 0.25) is 0 Å². The number of thiophene rings is 1. The largest absolute Gasteiger partial charge is 0.332 e. The molecule has 0 aliphatic heterocycles. The molecule has 0 saturated carbocycles. The standard InChI is InChI=1S/C7H11N3OS/c1-5-2-3-12-6(5)4-9-7(11)10-8/h2-3H,4,8H2,1H3,(H2,9,10,11). The molecule has 0 radical (unpaired) electrons. The lowest BCUT2D eigenvalue weighted by molar-refractivity contribution is 0.241. The van der Waals surface area contributed by atoms with Gasteiger partial charge in [-0.3, -0.25) is 5.43 Å². The fourth-order valence-corrected chi connectivity index (χ4v) is 1.64. The van der Waals surface area contributed by atoms with Crippen molar-refractivity contribution >= 4 is 17.4 Å². The third kappa shape index (κ3) is 2.21. The predicted octanol–water partition coefficient (Wildman–Crippen LogP) is 0.729. The van der Waals surface area contributed by atoms with Gasteiger partial charge in [-0.2, -0.15) is 0 Å². The number of hydrazine groups is 1. The molecule has 4 N–H and O–H groups in total. The SMILES string of the molecule is Cc1ccsc1CNC(=O)NN. The van der Waals surface area contributed by atoms with Gasteiger partial charge in [0, 0.05) is 4.88 Å². The maximum absolute atomic E-state index is 10.7. The molecule has 0 saturated heterocycles. The highest BCUT2D eigenvalue weighted by molar-refractivity contribution is 7.10. The molecule has 12 heavy (non-hydrogen) atoms. The molecule has 0 unspecified atom stereocenters. The molecular weight excluding hydrogens is 174 g/mol. The molecule has 4 nitrogen and oxygen atoms in total. The molecule has 0 bridgehead atoms. The lowest BCUT2D eigenvalue weighted by Crippen LogP contribution is -2.39. The van der Waals surface area contributed by atoms with Crippen LogP contribution in [0.1, 0.15) is 10.4 Å². The van der Waals surface area contributed by atoms with E-state index in [1.165, 1.54) is 5.56 Å². The van der Waals surface area contributed by atoms with Crippen LogP contribution in [0.25, 0.3) is 0 Å². The first-order chi connectivity index (χ1) is 5.74. The lowest BCUT2D eigenvalue weighted by atomic mass is 10.3. The third-order valence-electron chi connectivity index (χ3n) is 1.51. The highest BCUT2D eigenvalue weighted by Gasteiger charge is 2.00. The second-order valence-corrected chi connectivity index (χ2v) is 3.35. The Balaban J connectivity index is 2.43. The van der Waals surface area contributed by atoms with E-state index < -0.39 is 0 Å². The van der Waals surface area contributed by atoms with Gasteiger partial charge in [0.1, 0.15) is 0 Å². The summed E-state index contributed by atoms with van der Waals surface area (Å²) < 4.78 is 0. The van der Waals surface area contributed by atoms with Gasteiger partial charge >= 0.3 is 6.03 Å². The Morgan fingerprint density at radius 3 is 3.00 bits per heavy atom. The predicted molar refractivity (Wildman–Crippen MR) is 48.6 cm³/mol. The summed E-state index contributed by atoms with van der Waals surface area (Å²) in [5.41, 5.74) is 3.19. The van der Waals surface area contributed by atoms with E-state index in [2.05, 4.69) is 5.32 Å². The zero-order valence-electron chi connectivity index (χ0n) is 6.76. The van der Waals surface area contributed by atoms with Crippen molar-refractivity contribution in [2.24, 2.45) is 5.84 Å². The number of rotatable bonds is 2. The van der Waals surface area contributed by atoms with Gasteiger partial charge in [0.25, 0.3) is 0 Å². The first kappa shape index (κ1) is 9.02. The minimum absolute atomic E-state index is 0.359. The second kappa shape index (κ2) is 4.08. The summed E-state index contributed by atoms with van der Waals surface area (Å²) in [6.45, 7) is 2.54. The summed E-state index contributed by atoms with van der Waals surface area (Å²) in [5.74, 6) is 4.89. The van der Waals surface area contributed by atoms with Gasteiger partial charge in [0.2, 0.25) is 0 Å². The van der Waals surface area contributed by atoms with Gasteiger partial charge in [-0.05, 0) is 23.9 Å². The van der Waals surface area contributed by atoms with E-state index in [0.717, 1.165) is 4.88 Å². The van der Waals surface area contributed by atoms with Crippen molar-refractivity contribution in [1.82, 2.24) is 10.7 Å². The average molecular weight is 185 g/mol. The number of carbonyl (C=O) groups excluding carboxylic acids is 1. The third-order valence-corrected chi connectivity index (χ3v) is 2.53. The molecule has 0 fully saturated rings. The van der Waals surface area contributed by atoms with Gasteiger partial charge in [0.05, 0.1) is 6.54 Å². The summed E-state index contributed by atoms with van der Waals surface area (Å²) in [6.07, 6.45) is 0. The minimum atomic E-state index is -0.359. The Bertz CT molecular complexity index is 271. The Morgan fingerprint density at radius 1 is 1.75 bits per heavy atom. The molecule has 1 rings (SSSR count). The molecule has 0 aliphatic carbocycles. The molecule has 1 aromatic rings. The quantitative estimate of drug-likeness (QED) is 0.361. The first-order valence-electron chi connectivity index (χ1n) is 3.51. The normalized spacial score (nSPS) is 9.50. The van der Waals surface area contributed by atoms with Crippen molar-refractivity contribution in [3.63, 3.8) is 0 Å². The Labute approximate surface area is 74.7 Å². The zero-order chi connectivity index (χ0) is 8.97. The van der Waals surface area contributed by atoms with Crippen molar-refractivity contribution < 1.29 is 4.79 Å². The monoisotopic (exact) mass is 185 g/mol. The van der Waals surface area contributed by atoms with Crippen LogP contribution < -0.4 is 16.6 Å². The summed E-state index contributed by atoms with van der Waals surface area (Å²) in [7, 11) is 0. The van der Waals surface area contributed by atoms with Gasteiger partial charge in [-0.1, -0.05) is 0 Å². The Hall–Kier alpha value is -1.07. The number of nitrogens with two attached hydrogens (primary N) is 1. The van der Waals surface area contributed by atoms with Crippen LogP contribution in [0.4, 0.5) is 4.79 Å². The van der Waals surface area contributed by atoms with Crippen molar-refractivity contribution in [2.75, 3.05) is 0 Å². The maximum atomic E-state index is 10.7. The topological polar surface area (TPSA) is 67.2 Å². The van der Waals surface area contributed by atoms with Crippen LogP contribution >= 0.6 is 11.3 Å². The van der Waals surface area contributed by atoms with Crippen LogP contribution in [-0.2, 0) is 6.54 Å². The van der Waals surface area contributed by atoms with Crippen LogP contribution in [0.3, 0.4) is 0 Å². The molecule has 1 aromatic heterocycles. The highest BCUT2D eigenvalue weighted by atomic mass is 32.1. The summed E-state index contributed by atoms with van der Waals surface area (Å²) in [5, 5.41) is 4.60. The summed E-state index contributed by atoms with van der Waals surface area (Å²) >= 11 is 1.62. The molecule has 2 amide bonds. The molecule has 0 aromatic carbocycles. The van der Waals surface area contributed by atoms with E-state index in [9.17, 15) is 4.79 Å². The average Bonchev–Trinajstić information content (AvgIpc) is 2.47. The highest BCUT2D eigenvalue weighted by Crippen LogP contribution is 2.14. The number of hydrogen-bond donors (Lipinski definition) is 3. The maximum Gasteiger partial charge on any atom is 0.329 e. The summed E-state index contributed by atoms with van der Waals surface area (Å²) in [4.78, 5) is 11.8. The number of carbonyl (C=O) groups is 1. The van der Waals surface area contributed by atoms with Gasteiger partial charge < -0.3 is 5.32 Å². The molecule has 0 spiro atoms. The zero-order valence-corrected chi connectivity index (χ0v) is 7.57. The molecular formula is C7H11N3OS. The van der Waals surface area contributed by atoms with E-state index in [1.807, 2.05) is 23.8 Å². The summed E-state index contributed by atoms with van der Waals surface area (Å²) in [6, 6.07) is 1.66. The van der Waals surface area contributed by atoms with Gasteiger partial charge in [-0.25, -0.2) is 10.6 Å². The number of hydrogen-bond acceptors (Lipinski definition) is 3. The molecule has 1 heterocycles. The van der Waals surface area contributed by atoms with E-state index in [4.69, 9.17) is 5.84 Å². The van der Waals surface area contributed by atoms with Crippen molar-refractivity contribution in [3.8, 4) is 0 Å². The minimum Gasteiger partial charge on any atom is -0.332 e. The number of amides is 2. The van der Waals surface area contributed by atoms with E-state index in [-0.39, 0.29) is 6.03 Å². The number of urea groups is 1. The van der Waals surface area contributed by atoms with Gasteiger partial charge in [0.15, 0.2) is 0 Å². The van der Waals surface area contributed by atoms with E-state index >= 15 is 0 Å². The van der Waals surface area contributed by atoms with Crippen LogP contribution in [0.15, 0.2) is 11.4 Å². The molecule has 5 heteroatoms. The van der Waals surface area contributed by atoms with Crippen molar-refractivity contribution in [1.29, 1.82) is 0 Å². The Morgan fingerprint density at radius 2 is 2.50 bits per heavy atom. The first-order valence-corrected chi connectivity index (χ1v) is 4.39. The van der Waals surface area contributed by atoms with Gasteiger partial charge in [-0.15, -0.1) is 11.3 Å². The Kier molecular flexibility index (Phi) is 3.07. The van der Waals surface area contributed by atoms with Crippen molar-refractivity contribution in [3.05, 3.63) is 21.9 Å². The van der Waals surface area contributed by atoms with Crippen LogP contribution in [0.5, 0.6) is 0 Å².